The Hall–Kier alpha value is -3.40. The van der Waals surface area contributed by atoms with Crippen molar-refractivity contribution in [3.05, 3.63) is 48.4 Å². The van der Waals surface area contributed by atoms with Gasteiger partial charge in [-0.1, -0.05) is 0 Å². The van der Waals surface area contributed by atoms with Gasteiger partial charge in [-0.25, -0.2) is 9.97 Å². The number of nitrogens with two attached hydrogens (primary N) is 1. The lowest BCUT2D eigenvalue weighted by atomic mass is 10.1. The number of pyridine rings is 2. The number of hydrogen-bond acceptors (Lipinski definition) is 5. The number of rotatable bonds is 8. The molecule has 0 aliphatic carbocycles. The summed E-state index contributed by atoms with van der Waals surface area (Å²) in [5.74, 6) is -0.280. The van der Waals surface area contributed by atoms with Crippen LogP contribution >= 0.6 is 0 Å². The van der Waals surface area contributed by atoms with E-state index in [9.17, 15) is 18.0 Å². The molecule has 3 aromatic rings. The van der Waals surface area contributed by atoms with Gasteiger partial charge >= 0.3 is 6.18 Å². The number of alkyl halides is 3. The summed E-state index contributed by atoms with van der Waals surface area (Å²) in [5, 5.41) is 0.808. The molecule has 3 aromatic heterocycles. The predicted octanol–water partition coefficient (Wildman–Crippen LogP) is 3.08. The first-order valence-corrected chi connectivity index (χ1v) is 8.50. The van der Waals surface area contributed by atoms with Crippen molar-refractivity contribution in [2.45, 2.75) is 6.18 Å². The van der Waals surface area contributed by atoms with Gasteiger partial charge in [0, 0.05) is 52.8 Å². The van der Waals surface area contributed by atoms with Crippen LogP contribution in [-0.2, 0) is 9.53 Å². The topological polar surface area (TPSA) is 103 Å². The molecule has 0 aliphatic heterocycles. The number of aromatic nitrogens is 3. The lowest BCUT2D eigenvalue weighted by Gasteiger charge is -2.09. The first kappa shape index (κ1) is 20.3. The van der Waals surface area contributed by atoms with Crippen molar-refractivity contribution in [3.63, 3.8) is 0 Å². The van der Waals surface area contributed by atoms with E-state index in [1.807, 2.05) is 6.07 Å². The molecule has 0 unspecified atom stereocenters. The summed E-state index contributed by atoms with van der Waals surface area (Å²) >= 11 is 0. The summed E-state index contributed by atoms with van der Waals surface area (Å²) in [6.45, 7) is -1.55. The van der Waals surface area contributed by atoms with Gasteiger partial charge in [0.15, 0.2) is 0 Å². The minimum absolute atomic E-state index is 0.0468. The van der Waals surface area contributed by atoms with Crippen LogP contribution in [0.5, 0.6) is 5.88 Å². The molecule has 3 N–H and O–H groups in total. The van der Waals surface area contributed by atoms with E-state index in [0.717, 1.165) is 22.1 Å². The van der Waals surface area contributed by atoms with Crippen LogP contribution < -0.4 is 10.5 Å². The zero-order valence-electron chi connectivity index (χ0n) is 15.1. The van der Waals surface area contributed by atoms with Crippen LogP contribution in [0.1, 0.15) is 5.56 Å². The number of hydrogen-bond donors (Lipinski definition) is 2. The summed E-state index contributed by atoms with van der Waals surface area (Å²) in [6.07, 6.45) is 3.47. The van der Waals surface area contributed by atoms with Crippen molar-refractivity contribution in [1.82, 2.24) is 15.0 Å². The minimum Gasteiger partial charge on any atom is -0.475 e. The molecule has 3 heterocycles. The molecule has 0 bridgehead atoms. The number of amides is 1. The minimum atomic E-state index is -4.36. The first-order valence-electron chi connectivity index (χ1n) is 8.50. The molecule has 7 nitrogen and oxygen atoms in total. The van der Waals surface area contributed by atoms with Gasteiger partial charge in [0.05, 0.1) is 6.61 Å². The average molecular weight is 406 g/mol. The SMILES string of the molecule is NC(=O)/C=C/c1c[nH]c2ncc(-c3ccc(OCCOCC(F)(F)F)nc3)cc12. The van der Waals surface area contributed by atoms with Crippen molar-refractivity contribution in [2.75, 3.05) is 19.8 Å². The number of carbonyl (C=O) groups excluding carboxylic acids is 1. The Bertz CT molecular complexity index is 1010. The maximum absolute atomic E-state index is 12.0. The summed E-state index contributed by atoms with van der Waals surface area (Å²) < 4.78 is 45.7. The van der Waals surface area contributed by atoms with Crippen LogP contribution in [0.25, 0.3) is 28.2 Å². The Morgan fingerprint density at radius 1 is 1.17 bits per heavy atom. The quantitative estimate of drug-likeness (QED) is 0.442. The lowest BCUT2D eigenvalue weighted by molar-refractivity contribution is -0.175. The standard InChI is InChI=1S/C19H17F3N4O3/c20-19(21,22)11-28-5-6-29-17-4-2-12(8-24-17)14-7-15-13(1-3-16(23)27)9-25-18(15)26-10-14/h1-4,7-10H,5-6,11H2,(H2,23,27)(H,25,26)/b3-1+. The smallest absolute Gasteiger partial charge is 0.411 e. The molecular formula is C19H17F3N4O3. The highest BCUT2D eigenvalue weighted by Gasteiger charge is 2.27. The molecule has 3 rings (SSSR count). The van der Waals surface area contributed by atoms with E-state index >= 15 is 0 Å². The zero-order chi connectivity index (χ0) is 20.9. The molecule has 0 saturated heterocycles. The van der Waals surface area contributed by atoms with E-state index in [4.69, 9.17) is 10.5 Å². The monoisotopic (exact) mass is 406 g/mol. The van der Waals surface area contributed by atoms with Gasteiger partial charge in [-0.2, -0.15) is 13.2 Å². The maximum atomic E-state index is 12.0. The van der Waals surface area contributed by atoms with Crippen LogP contribution in [0.2, 0.25) is 0 Å². The van der Waals surface area contributed by atoms with Crippen LogP contribution in [-0.4, -0.2) is 46.9 Å². The molecule has 0 atom stereocenters. The van der Waals surface area contributed by atoms with Gasteiger partial charge in [-0.15, -0.1) is 0 Å². The van der Waals surface area contributed by atoms with E-state index in [0.29, 0.717) is 5.65 Å². The van der Waals surface area contributed by atoms with Gasteiger partial charge in [-0.05, 0) is 18.2 Å². The molecule has 0 spiro atoms. The number of ether oxygens (including phenoxy) is 2. The normalized spacial score (nSPS) is 12.0. The summed E-state index contributed by atoms with van der Waals surface area (Å²) in [7, 11) is 0. The van der Waals surface area contributed by atoms with Crippen LogP contribution in [0.3, 0.4) is 0 Å². The fourth-order valence-corrected chi connectivity index (χ4v) is 2.52. The second-order valence-electron chi connectivity index (χ2n) is 6.00. The van der Waals surface area contributed by atoms with Gasteiger partial charge in [0.2, 0.25) is 11.8 Å². The molecule has 10 heteroatoms. The van der Waals surface area contributed by atoms with Crippen molar-refractivity contribution in [1.29, 1.82) is 0 Å². The van der Waals surface area contributed by atoms with E-state index in [-0.39, 0.29) is 19.1 Å². The number of aromatic amines is 1. The molecular weight excluding hydrogens is 389 g/mol. The Kier molecular flexibility index (Phi) is 6.13. The average Bonchev–Trinajstić information content (AvgIpc) is 3.08. The number of H-pyrrole nitrogens is 1. The maximum Gasteiger partial charge on any atom is 0.411 e. The number of halogens is 3. The number of carbonyl (C=O) groups is 1. The van der Waals surface area contributed by atoms with Crippen LogP contribution in [0.15, 0.2) is 42.9 Å². The van der Waals surface area contributed by atoms with Gasteiger partial charge in [0.1, 0.15) is 18.9 Å². The summed E-state index contributed by atoms with van der Waals surface area (Å²) in [6, 6.07) is 5.25. The molecule has 0 aromatic carbocycles. The van der Waals surface area contributed by atoms with Gasteiger partial charge in [0.25, 0.3) is 0 Å². The van der Waals surface area contributed by atoms with E-state index in [2.05, 4.69) is 19.7 Å². The fourth-order valence-electron chi connectivity index (χ4n) is 2.52. The second kappa shape index (κ2) is 8.74. The van der Waals surface area contributed by atoms with Crippen molar-refractivity contribution >= 4 is 23.0 Å². The van der Waals surface area contributed by atoms with E-state index < -0.39 is 18.7 Å². The van der Waals surface area contributed by atoms with Crippen LogP contribution in [0.4, 0.5) is 13.2 Å². The molecule has 0 aliphatic rings. The Morgan fingerprint density at radius 3 is 2.66 bits per heavy atom. The van der Waals surface area contributed by atoms with Crippen molar-refractivity contribution in [2.24, 2.45) is 5.73 Å². The Labute approximate surface area is 163 Å². The number of primary amides is 1. The highest BCUT2D eigenvalue weighted by atomic mass is 19.4. The zero-order valence-corrected chi connectivity index (χ0v) is 15.1. The Morgan fingerprint density at radius 2 is 1.97 bits per heavy atom. The second-order valence-corrected chi connectivity index (χ2v) is 6.00. The number of nitrogens with one attached hydrogen (secondary N) is 1. The number of nitrogens with zero attached hydrogens (tertiary/aromatic N) is 2. The number of fused-ring (bicyclic) bond motifs is 1. The predicted molar refractivity (Wildman–Crippen MR) is 99.9 cm³/mol. The highest BCUT2D eigenvalue weighted by Crippen LogP contribution is 2.26. The molecule has 0 fully saturated rings. The Balaban J connectivity index is 1.65. The molecule has 1 amide bonds. The van der Waals surface area contributed by atoms with Crippen molar-refractivity contribution in [3.8, 4) is 17.0 Å². The third kappa shape index (κ3) is 5.79. The molecule has 0 radical (unpaired) electrons. The van der Waals surface area contributed by atoms with E-state index in [1.54, 1.807) is 36.8 Å². The van der Waals surface area contributed by atoms with Crippen LogP contribution in [0, 0.1) is 0 Å². The lowest BCUT2D eigenvalue weighted by Crippen LogP contribution is -2.19. The molecule has 0 saturated carbocycles. The van der Waals surface area contributed by atoms with Gasteiger partial charge in [-0.3, -0.25) is 4.79 Å². The largest absolute Gasteiger partial charge is 0.475 e. The van der Waals surface area contributed by atoms with E-state index in [1.165, 1.54) is 6.08 Å². The third-order valence-electron chi connectivity index (χ3n) is 3.80. The fraction of sp³-hybridized carbons (Fsp3) is 0.211. The summed E-state index contributed by atoms with van der Waals surface area (Å²) in [5.41, 5.74) is 8.11. The third-order valence-corrected chi connectivity index (χ3v) is 3.80. The highest BCUT2D eigenvalue weighted by molar-refractivity contribution is 5.95. The van der Waals surface area contributed by atoms with Crippen molar-refractivity contribution < 1.29 is 27.4 Å². The summed E-state index contributed by atoms with van der Waals surface area (Å²) in [4.78, 5) is 22.4. The molecule has 152 valence electrons. The van der Waals surface area contributed by atoms with Gasteiger partial charge < -0.3 is 20.2 Å². The molecule has 29 heavy (non-hydrogen) atoms. The first-order chi connectivity index (χ1) is 13.8.